The number of para-hydroxylation sites is 1. The molecule has 2 aliphatic rings. The van der Waals surface area contributed by atoms with Crippen LogP contribution >= 0.6 is 0 Å². The molecule has 6 nitrogen and oxygen atoms in total. The first-order valence-electron chi connectivity index (χ1n) is 9.02. The maximum atomic E-state index is 13.9. The first kappa shape index (κ1) is 18.4. The van der Waals surface area contributed by atoms with Gasteiger partial charge in [0.05, 0.1) is 0 Å². The molecule has 1 aliphatic heterocycles. The molecule has 1 saturated carbocycles. The summed E-state index contributed by atoms with van der Waals surface area (Å²) in [5, 5.41) is 9.30. The van der Waals surface area contributed by atoms with Gasteiger partial charge in [-0.05, 0) is 31.4 Å². The van der Waals surface area contributed by atoms with Gasteiger partial charge in [0.15, 0.2) is 5.96 Å². The maximum absolute atomic E-state index is 13.9. The van der Waals surface area contributed by atoms with Crippen LogP contribution in [-0.4, -0.2) is 51.1 Å². The normalized spacial score (nSPS) is 20.2. The minimum absolute atomic E-state index is 0.0301. The van der Waals surface area contributed by atoms with Crippen molar-refractivity contribution in [3.63, 3.8) is 0 Å². The summed E-state index contributed by atoms with van der Waals surface area (Å²) >= 11 is 0. The molecule has 142 valence electrons. The Bertz CT molecular complexity index is 657. The van der Waals surface area contributed by atoms with E-state index in [9.17, 15) is 13.6 Å². The molecule has 2 fully saturated rings. The lowest BCUT2D eigenvalue weighted by Crippen LogP contribution is -2.46. The van der Waals surface area contributed by atoms with Gasteiger partial charge in [0, 0.05) is 45.2 Å². The Morgan fingerprint density at radius 1 is 1.19 bits per heavy atom. The number of guanidine groups is 1. The van der Waals surface area contributed by atoms with Crippen LogP contribution in [0.3, 0.4) is 0 Å². The van der Waals surface area contributed by atoms with Gasteiger partial charge in [0.1, 0.15) is 17.3 Å². The van der Waals surface area contributed by atoms with Crippen LogP contribution < -0.4 is 20.9 Å². The lowest BCUT2D eigenvalue weighted by molar-refractivity contribution is -0.122. The Morgan fingerprint density at radius 3 is 2.54 bits per heavy atom. The van der Waals surface area contributed by atoms with E-state index >= 15 is 0 Å². The van der Waals surface area contributed by atoms with Crippen LogP contribution in [0.2, 0.25) is 0 Å². The molecule has 1 unspecified atom stereocenters. The third-order valence-electron chi connectivity index (χ3n) is 4.67. The van der Waals surface area contributed by atoms with Crippen LogP contribution in [0, 0.1) is 17.6 Å². The molecule has 26 heavy (non-hydrogen) atoms. The second-order valence-electron chi connectivity index (χ2n) is 6.71. The minimum atomic E-state index is -0.542. The van der Waals surface area contributed by atoms with Crippen LogP contribution in [0.5, 0.6) is 0 Å². The number of carbonyl (C=O) groups excluding carboxylic acids is 1. The van der Waals surface area contributed by atoms with E-state index in [0.717, 1.165) is 19.3 Å². The number of nitrogens with zero attached hydrogens (tertiary/aromatic N) is 2. The SMILES string of the molecule is CN=C(NCCNC(=O)C1CC1)NC1CCN(c2c(F)cccc2F)C1. The summed E-state index contributed by atoms with van der Waals surface area (Å²) in [6, 6.07) is 3.96. The Labute approximate surface area is 152 Å². The van der Waals surface area contributed by atoms with Gasteiger partial charge >= 0.3 is 0 Å². The van der Waals surface area contributed by atoms with Crippen LogP contribution in [0.1, 0.15) is 19.3 Å². The molecule has 1 atom stereocenters. The van der Waals surface area contributed by atoms with Crippen molar-refractivity contribution in [3.8, 4) is 0 Å². The second-order valence-corrected chi connectivity index (χ2v) is 6.71. The molecule has 1 heterocycles. The maximum Gasteiger partial charge on any atom is 0.223 e. The first-order valence-corrected chi connectivity index (χ1v) is 9.02. The summed E-state index contributed by atoms with van der Waals surface area (Å²) in [6.07, 6.45) is 2.74. The zero-order valence-electron chi connectivity index (χ0n) is 14.9. The molecule has 1 saturated heterocycles. The minimum Gasteiger partial charge on any atom is -0.365 e. The van der Waals surface area contributed by atoms with Gasteiger partial charge in [-0.3, -0.25) is 9.79 Å². The van der Waals surface area contributed by atoms with Crippen LogP contribution in [0.4, 0.5) is 14.5 Å². The summed E-state index contributed by atoms with van der Waals surface area (Å²) in [5.74, 6) is -0.144. The van der Waals surface area contributed by atoms with Crippen molar-refractivity contribution in [2.45, 2.75) is 25.3 Å². The van der Waals surface area contributed by atoms with Gasteiger partial charge in [-0.1, -0.05) is 6.07 Å². The Morgan fingerprint density at radius 2 is 1.88 bits per heavy atom. The fourth-order valence-electron chi connectivity index (χ4n) is 3.12. The van der Waals surface area contributed by atoms with Crippen molar-refractivity contribution >= 4 is 17.6 Å². The highest BCUT2D eigenvalue weighted by Crippen LogP contribution is 2.28. The summed E-state index contributed by atoms with van der Waals surface area (Å²) in [7, 11) is 1.67. The molecule has 1 aromatic rings. The zero-order valence-corrected chi connectivity index (χ0v) is 14.9. The van der Waals surface area contributed by atoms with E-state index in [1.54, 1.807) is 11.9 Å². The van der Waals surface area contributed by atoms with Crippen LogP contribution in [0.25, 0.3) is 0 Å². The number of nitrogens with one attached hydrogen (secondary N) is 3. The second kappa shape index (κ2) is 8.33. The number of anilines is 1. The molecule has 1 amide bonds. The number of carbonyl (C=O) groups is 1. The van der Waals surface area contributed by atoms with E-state index in [0.29, 0.717) is 32.1 Å². The average molecular weight is 365 g/mol. The van der Waals surface area contributed by atoms with E-state index in [1.807, 2.05) is 0 Å². The smallest absolute Gasteiger partial charge is 0.223 e. The highest BCUT2D eigenvalue weighted by Gasteiger charge is 2.29. The Kier molecular flexibility index (Phi) is 5.90. The van der Waals surface area contributed by atoms with E-state index in [2.05, 4.69) is 20.9 Å². The molecule has 3 N–H and O–H groups in total. The fraction of sp³-hybridized carbons (Fsp3) is 0.556. The molecular weight excluding hydrogens is 340 g/mol. The molecule has 8 heteroatoms. The van der Waals surface area contributed by atoms with Crippen molar-refractivity contribution in [3.05, 3.63) is 29.8 Å². The van der Waals surface area contributed by atoms with E-state index in [-0.39, 0.29) is 23.6 Å². The van der Waals surface area contributed by atoms with Gasteiger partial charge < -0.3 is 20.9 Å². The number of aliphatic imine (C=N–C) groups is 1. The van der Waals surface area contributed by atoms with E-state index < -0.39 is 11.6 Å². The zero-order chi connectivity index (χ0) is 18.5. The van der Waals surface area contributed by atoms with Crippen LogP contribution in [0.15, 0.2) is 23.2 Å². The number of hydrogen-bond donors (Lipinski definition) is 3. The number of rotatable bonds is 6. The number of benzene rings is 1. The predicted molar refractivity (Wildman–Crippen MR) is 97.2 cm³/mol. The largest absolute Gasteiger partial charge is 0.365 e. The van der Waals surface area contributed by atoms with Gasteiger partial charge in [-0.2, -0.15) is 0 Å². The highest BCUT2D eigenvalue weighted by molar-refractivity contribution is 5.81. The highest BCUT2D eigenvalue weighted by atomic mass is 19.1. The molecule has 0 radical (unpaired) electrons. The molecule has 0 bridgehead atoms. The van der Waals surface area contributed by atoms with Gasteiger partial charge in [-0.15, -0.1) is 0 Å². The number of hydrogen-bond acceptors (Lipinski definition) is 3. The monoisotopic (exact) mass is 365 g/mol. The topological polar surface area (TPSA) is 68.8 Å². The lowest BCUT2D eigenvalue weighted by Gasteiger charge is -2.21. The fourth-order valence-corrected chi connectivity index (χ4v) is 3.12. The Balaban J connectivity index is 1.43. The van der Waals surface area contributed by atoms with Gasteiger partial charge in [0.25, 0.3) is 0 Å². The quantitative estimate of drug-likeness (QED) is 0.403. The van der Waals surface area contributed by atoms with E-state index in [1.165, 1.54) is 18.2 Å². The summed E-state index contributed by atoms with van der Waals surface area (Å²) in [6.45, 7) is 2.17. The molecule has 3 rings (SSSR count). The summed E-state index contributed by atoms with van der Waals surface area (Å²) < 4.78 is 27.8. The Hall–Kier alpha value is -2.38. The predicted octanol–water partition coefficient (Wildman–Crippen LogP) is 1.23. The van der Waals surface area contributed by atoms with E-state index in [4.69, 9.17) is 0 Å². The molecule has 1 aromatic carbocycles. The van der Waals surface area contributed by atoms with Crippen molar-refractivity contribution in [1.29, 1.82) is 0 Å². The summed E-state index contributed by atoms with van der Waals surface area (Å²) in [4.78, 5) is 17.4. The van der Waals surface area contributed by atoms with Crippen molar-refractivity contribution < 1.29 is 13.6 Å². The molecule has 0 spiro atoms. The van der Waals surface area contributed by atoms with Crippen molar-refractivity contribution in [2.75, 3.05) is 38.1 Å². The standard InChI is InChI=1S/C18H25F2N5O/c1-21-18(23-9-8-22-17(26)12-5-6-12)24-13-7-10-25(11-13)16-14(19)3-2-4-15(16)20/h2-4,12-13H,5-11H2,1H3,(H,22,26)(H2,21,23,24). The van der Waals surface area contributed by atoms with Crippen LogP contribution in [-0.2, 0) is 4.79 Å². The van der Waals surface area contributed by atoms with Gasteiger partial charge in [0.2, 0.25) is 5.91 Å². The van der Waals surface area contributed by atoms with Crippen molar-refractivity contribution in [1.82, 2.24) is 16.0 Å². The van der Waals surface area contributed by atoms with Crippen molar-refractivity contribution in [2.24, 2.45) is 10.9 Å². The molecule has 1 aliphatic carbocycles. The number of halogens is 2. The third kappa shape index (κ3) is 4.62. The first-order chi connectivity index (χ1) is 12.6. The third-order valence-corrected chi connectivity index (χ3v) is 4.67. The molecular formula is C18H25F2N5O. The number of amides is 1. The van der Waals surface area contributed by atoms with Gasteiger partial charge in [-0.25, -0.2) is 8.78 Å². The lowest BCUT2D eigenvalue weighted by atomic mass is 10.2. The average Bonchev–Trinajstić information content (AvgIpc) is 3.38. The summed E-state index contributed by atoms with van der Waals surface area (Å²) in [5.41, 5.74) is 0.0301. The molecule has 0 aromatic heterocycles.